The summed E-state index contributed by atoms with van der Waals surface area (Å²) in [5.74, 6) is 0. The molecular weight excluding hydrogens is 330 g/mol. The van der Waals surface area contributed by atoms with E-state index in [-0.39, 0.29) is 9.92 Å². The summed E-state index contributed by atoms with van der Waals surface area (Å²) in [5, 5.41) is 0.986. The van der Waals surface area contributed by atoms with Gasteiger partial charge < -0.3 is 0 Å². The van der Waals surface area contributed by atoms with E-state index in [0.717, 1.165) is 16.5 Å². The fraction of sp³-hybridized carbons (Fsp3) is 0. The highest BCUT2D eigenvalue weighted by Gasteiger charge is 2.19. The second-order valence-corrected chi connectivity index (χ2v) is 7.63. The molecule has 3 aromatic carbocycles. The Labute approximate surface area is 146 Å². The number of benzene rings is 3. The van der Waals surface area contributed by atoms with E-state index in [9.17, 15) is 8.42 Å². The summed E-state index contributed by atoms with van der Waals surface area (Å²) in [6, 6.07) is 27.6. The minimum absolute atomic E-state index is 0.0682. The van der Waals surface area contributed by atoms with E-state index in [1.54, 1.807) is 24.3 Å². The Morgan fingerprint density at radius 3 is 2.00 bits per heavy atom. The molecule has 0 amide bonds. The van der Waals surface area contributed by atoms with Crippen LogP contribution in [0.1, 0.15) is 0 Å². The van der Waals surface area contributed by atoms with Crippen molar-refractivity contribution < 1.29 is 8.42 Å². The second-order valence-electron chi connectivity index (χ2n) is 5.74. The van der Waals surface area contributed by atoms with Crippen molar-refractivity contribution >= 4 is 20.7 Å². The monoisotopic (exact) mass is 345 g/mol. The first-order valence-electron chi connectivity index (χ1n) is 7.91. The molecule has 1 heterocycles. The summed E-state index contributed by atoms with van der Waals surface area (Å²) in [6.45, 7) is 0. The zero-order chi connectivity index (χ0) is 17.3. The molecular formula is C21H15NO2S. The Morgan fingerprint density at radius 1 is 0.600 bits per heavy atom. The minimum atomic E-state index is -3.64. The van der Waals surface area contributed by atoms with E-state index in [2.05, 4.69) is 4.98 Å². The zero-order valence-corrected chi connectivity index (χ0v) is 14.1. The molecule has 122 valence electrons. The molecule has 0 aliphatic rings. The van der Waals surface area contributed by atoms with Crippen LogP contribution >= 0.6 is 0 Å². The van der Waals surface area contributed by atoms with Gasteiger partial charge in [0.1, 0.15) is 0 Å². The molecule has 0 saturated heterocycles. The molecule has 0 atom stereocenters. The summed E-state index contributed by atoms with van der Waals surface area (Å²) >= 11 is 0. The van der Waals surface area contributed by atoms with Crippen LogP contribution in [0.15, 0.2) is 101 Å². The Morgan fingerprint density at radius 2 is 1.24 bits per heavy atom. The third kappa shape index (κ3) is 2.92. The number of para-hydroxylation sites is 1. The van der Waals surface area contributed by atoms with Crippen molar-refractivity contribution in [1.82, 2.24) is 4.98 Å². The van der Waals surface area contributed by atoms with Gasteiger partial charge in [0.15, 0.2) is 5.03 Å². The van der Waals surface area contributed by atoms with Crippen molar-refractivity contribution in [2.75, 3.05) is 0 Å². The van der Waals surface area contributed by atoms with E-state index in [1.165, 1.54) is 0 Å². The molecule has 4 heteroatoms. The lowest BCUT2D eigenvalue weighted by molar-refractivity contribution is 0.593. The van der Waals surface area contributed by atoms with E-state index in [1.807, 2.05) is 66.7 Å². The first-order valence-corrected chi connectivity index (χ1v) is 9.39. The smallest absolute Gasteiger partial charge is 0.223 e. The van der Waals surface area contributed by atoms with Crippen LogP contribution in [0.2, 0.25) is 0 Å². The van der Waals surface area contributed by atoms with E-state index >= 15 is 0 Å². The summed E-state index contributed by atoms with van der Waals surface area (Å²) in [4.78, 5) is 4.56. The predicted molar refractivity (Wildman–Crippen MR) is 99.1 cm³/mol. The molecule has 0 spiro atoms. The minimum Gasteiger partial charge on any atom is -0.236 e. The third-order valence-electron chi connectivity index (χ3n) is 4.12. The fourth-order valence-electron chi connectivity index (χ4n) is 2.77. The number of pyridine rings is 1. The number of hydrogen-bond donors (Lipinski definition) is 0. The Bertz CT molecular complexity index is 1140. The average molecular weight is 345 g/mol. The van der Waals surface area contributed by atoms with Gasteiger partial charge in [-0.15, -0.1) is 0 Å². The number of sulfone groups is 1. The van der Waals surface area contributed by atoms with Gasteiger partial charge >= 0.3 is 0 Å². The highest BCUT2D eigenvalue weighted by atomic mass is 32.2. The van der Waals surface area contributed by atoms with Gasteiger partial charge in [-0.05, 0) is 41.5 Å². The van der Waals surface area contributed by atoms with Crippen LogP contribution in [0, 0.1) is 0 Å². The SMILES string of the molecule is O=S(=O)(c1ccc(-c2ccccc2)cc1)c1ccc2ccccc2n1. The number of hydrogen-bond acceptors (Lipinski definition) is 3. The van der Waals surface area contributed by atoms with Crippen LogP contribution in [-0.4, -0.2) is 13.4 Å². The molecule has 0 aliphatic carbocycles. The van der Waals surface area contributed by atoms with Crippen LogP contribution in [0.5, 0.6) is 0 Å². The van der Waals surface area contributed by atoms with Gasteiger partial charge in [-0.2, -0.15) is 0 Å². The first-order chi connectivity index (χ1) is 12.1. The highest BCUT2D eigenvalue weighted by Crippen LogP contribution is 2.25. The summed E-state index contributed by atoms with van der Waals surface area (Å²) in [5.41, 5.74) is 2.70. The number of fused-ring (bicyclic) bond motifs is 1. The molecule has 0 saturated carbocycles. The Hall–Kier alpha value is -2.98. The molecule has 0 N–H and O–H groups in total. The predicted octanol–water partition coefficient (Wildman–Crippen LogP) is 4.73. The molecule has 3 nitrogen and oxygen atoms in total. The van der Waals surface area contributed by atoms with Crippen molar-refractivity contribution in [3.8, 4) is 11.1 Å². The molecule has 0 unspecified atom stereocenters. The van der Waals surface area contributed by atoms with Crippen molar-refractivity contribution in [1.29, 1.82) is 0 Å². The maximum atomic E-state index is 12.9. The normalized spacial score (nSPS) is 11.5. The topological polar surface area (TPSA) is 47.0 Å². The van der Waals surface area contributed by atoms with Crippen molar-refractivity contribution in [3.05, 3.63) is 91.0 Å². The molecule has 25 heavy (non-hydrogen) atoms. The molecule has 4 rings (SSSR count). The van der Waals surface area contributed by atoms with E-state index < -0.39 is 9.84 Å². The Kier molecular flexibility index (Phi) is 3.82. The van der Waals surface area contributed by atoms with Gasteiger partial charge in [0.2, 0.25) is 9.84 Å². The molecule has 0 fully saturated rings. The molecule has 0 bridgehead atoms. The fourth-order valence-corrected chi connectivity index (χ4v) is 3.98. The van der Waals surface area contributed by atoms with Gasteiger partial charge in [-0.3, -0.25) is 0 Å². The van der Waals surface area contributed by atoms with Crippen LogP contribution in [0.4, 0.5) is 0 Å². The maximum Gasteiger partial charge on any atom is 0.223 e. The highest BCUT2D eigenvalue weighted by molar-refractivity contribution is 7.91. The van der Waals surface area contributed by atoms with Gasteiger partial charge in [0, 0.05) is 5.39 Å². The largest absolute Gasteiger partial charge is 0.236 e. The maximum absolute atomic E-state index is 12.9. The zero-order valence-electron chi connectivity index (χ0n) is 13.3. The number of nitrogens with zero attached hydrogens (tertiary/aromatic N) is 1. The van der Waals surface area contributed by atoms with Crippen molar-refractivity contribution in [3.63, 3.8) is 0 Å². The molecule has 4 aromatic rings. The lowest BCUT2D eigenvalue weighted by atomic mass is 10.1. The summed E-state index contributed by atoms with van der Waals surface area (Å²) in [6.07, 6.45) is 0. The van der Waals surface area contributed by atoms with E-state index in [0.29, 0.717) is 5.52 Å². The van der Waals surface area contributed by atoms with Crippen LogP contribution < -0.4 is 0 Å². The first kappa shape index (κ1) is 15.5. The third-order valence-corrected chi connectivity index (χ3v) is 5.79. The van der Waals surface area contributed by atoms with Crippen LogP contribution in [0.3, 0.4) is 0 Å². The number of rotatable bonds is 3. The molecule has 1 aromatic heterocycles. The summed E-state index contributed by atoms with van der Waals surface area (Å²) in [7, 11) is -3.64. The van der Waals surface area contributed by atoms with E-state index in [4.69, 9.17) is 0 Å². The van der Waals surface area contributed by atoms with Crippen LogP contribution in [0.25, 0.3) is 22.0 Å². The Balaban J connectivity index is 1.74. The summed E-state index contributed by atoms with van der Waals surface area (Å²) < 4.78 is 25.7. The average Bonchev–Trinajstić information content (AvgIpc) is 2.68. The quantitative estimate of drug-likeness (QED) is 0.539. The van der Waals surface area contributed by atoms with Crippen LogP contribution in [-0.2, 0) is 9.84 Å². The van der Waals surface area contributed by atoms with Gasteiger partial charge in [-0.25, -0.2) is 13.4 Å². The van der Waals surface area contributed by atoms with Gasteiger partial charge in [-0.1, -0.05) is 60.7 Å². The second kappa shape index (κ2) is 6.15. The number of aromatic nitrogens is 1. The molecule has 0 radical (unpaired) electrons. The lowest BCUT2D eigenvalue weighted by Gasteiger charge is -2.07. The van der Waals surface area contributed by atoms with Gasteiger partial charge in [0.05, 0.1) is 10.4 Å². The lowest BCUT2D eigenvalue weighted by Crippen LogP contribution is -2.04. The van der Waals surface area contributed by atoms with Crippen molar-refractivity contribution in [2.24, 2.45) is 0 Å². The van der Waals surface area contributed by atoms with Crippen molar-refractivity contribution in [2.45, 2.75) is 9.92 Å². The van der Waals surface area contributed by atoms with Gasteiger partial charge in [0.25, 0.3) is 0 Å². The standard InChI is InChI=1S/C21H15NO2S/c23-25(24,21-15-12-18-8-4-5-9-20(18)22-21)19-13-10-17(11-14-19)16-6-2-1-3-7-16/h1-15H. The molecule has 0 aliphatic heterocycles.